The highest BCUT2D eigenvalue weighted by Crippen LogP contribution is 2.28. The molecule has 2 rings (SSSR count). The van der Waals surface area contributed by atoms with Crippen LogP contribution in [0.3, 0.4) is 0 Å². The number of aromatic nitrogens is 1. The van der Waals surface area contributed by atoms with E-state index in [1.165, 1.54) is 0 Å². The summed E-state index contributed by atoms with van der Waals surface area (Å²) < 4.78 is 5.64. The number of nitrogens with one attached hydrogen (secondary N) is 1. The van der Waals surface area contributed by atoms with Crippen molar-refractivity contribution >= 4 is 22.9 Å². The molecule has 1 aromatic carbocycles. The van der Waals surface area contributed by atoms with E-state index in [9.17, 15) is 0 Å². The number of nitrogens with zero attached hydrogens (tertiary/aromatic N) is 1. The van der Waals surface area contributed by atoms with Crippen LogP contribution >= 0.6 is 22.9 Å². The molecular weight excluding hydrogens is 268 g/mol. The predicted octanol–water partition coefficient (Wildman–Crippen LogP) is 3.66. The number of benzene rings is 1. The number of halogens is 1. The molecule has 18 heavy (non-hydrogen) atoms. The van der Waals surface area contributed by atoms with Crippen LogP contribution in [0.15, 0.2) is 29.1 Å². The fourth-order valence-corrected chi connectivity index (χ4v) is 2.32. The van der Waals surface area contributed by atoms with Gasteiger partial charge in [0.2, 0.25) is 0 Å². The van der Waals surface area contributed by atoms with Gasteiger partial charge < -0.3 is 10.1 Å². The zero-order valence-corrected chi connectivity index (χ0v) is 11.9. The largest absolute Gasteiger partial charge is 0.486 e. The van der Waals surface area contributed by atoms with Crippen LogP contribution in [0.2, 0.25) is 5.02 Å². The Bertz CT molecular complexity index is 502. The van der Waals surface area contributed by atoms with Crippen LogP contribution in [0.5, 0.6) is 5.75 Å². The van der Waals surface area contributed by atoms with Gasteiger partial charge in [0.1, 0.15) is 12.4 Å². The van der Waals surface area contributed by atoms with E-state index in [-0.39, 0.29) is 6.04 Å². The fraction of sp³-hybridized carbons (Fsp3) is 0.308. The van der Waals surface area contributed by atoms with Crippen molar-refractivity contribution in [3.8, 4) is 5.75 Å². The van der Waals surface area contributed by atoms with E-state index in [0.717, 1.165) is 11.3 Å². The minimum atomic E-state index is 0.273. The van der Waals surface area contributed by atoms with Crippen molar-refractivity contribution in [1.82, 2.24) is 10.3 Å². The third-order valence-corrected chi connectivity index (χ3v) is 3.68. The summed E-state index contributed by atoms with van der Waals surface area (Å²) in [6, 6.07) is 6.12. The van der Waals surface area contributed by atoms with E-state index >= 15 is 0 Å². The molecule has 3 nitrogen and oxygen atoms in total. The third-order valence-electron chi connectivity index (χ3n) is 2.75. The van der Waals surface area contributed by atoms with E-state index in [2.05, 4.69) is 17.2 Å². The number of hydrogen-bond acceptors (Lipinski definition) is 4. The second kappa shape index (κ2) is 6.18. The summed E-state index contributed by atoms with van der Waals surface area (Å²) in [5, 5.41) is 5.77. The lowest BCUT2D eigenvalue weighted by Crippen LogP contribution is -2.12. The highest BCUT2D eigenvalue weighted by Gasteiger charge is 2.07. The molecule has 0 aliphatic heterocycles. The minimum absolute atomic E-state index is 0.273. The highest BCUT2D eigenvalue weighted by atomic mass is 35.5. The maximum absolute atomic E-state index is 6.20. The molecule has 0 saturated heterocycles. The summed E-state index contributed by atoms with van der Waals surface area (Å²) in [6.07, 6.45) is 0. The Kier molecular flexibility index (Phi) is 4.58. The van der Waals surface area contributed by atoms with Crippen molar-refractivity contribution in [2.75, 3.05) is 7.05 Å². The normalized spacial score (nSPS) is 12.4. The van der Waals surface area contributed by atoms with Gasteiger partial charge in [-0.2, -0.15) is 0 Å². The monoisotopic (exact) mass is 282 g/mol. The molecule has 0 fully saturated rings. The molecule has 2 aromatic rings. The first-order chi connectivity index (χ1) is 8.70. The Hall–Kier alpha value is -1.10. The summed E-state index contributed by atoms with van der Waals surface area (Å²) in [6.45, 7) is 2.53. The summed E-state index contributed by atoms with van der Waals surface area (Å²) >= 11 is 7.76. The smallest absolute Gasteiger partial charge is 0.138 e. The Morgan fingerprint density at radius 1 is 1.50 bits per heavy atom. The number of thiazole rings is 1. The van der Waals surface area contributed by atoms with Gasteiger partial charge in [-0.1, -0.05) is 17.7 Å². The Morgan fingerprint density at radius 3 is 2.94 bits per heavy atom. The lowest BCUT2D eigenvalue weighted by atomic mass is 10.1. The van der Waals surface area contributed by atoms with Crippen LogP contribution in [0.25, 0.3) is 0 Å². The average molecular weight is 283 g/mol. The van der Waals surface area contributed by atoms with Crippen LogP contribution in [0, 0.1) is 0 Å². The van der Waals surface area contributed by atoms with Crippen LogP contribution in [-0.4, -0.2) is 12.0 Å². The minimum Gasteiger partial charge on any atom is -0.486 e. The van der Waals surface area contributed by atoms with Crippen molar-refractivity contribution in [2.45, 2.75) is 19.6 Å². The Labute approximate surface area is 116 Å². The average Bonchev–Trinajstić information content (AvgIpc) is 2.89. The molecule has 0 aliphatic rings. The van der Waals surface area contributed by atoms with E-state index in [1.54, 1.807) is 16.8 Å². The second-order valence-electron chi connectivity index (χ2n) is 3.97. The topological polar surface area (TPSA) is 34.1 Å². The van der Waals surface area contributed by atoms with Gasteiger partial charge in [-0.05, 0) is 31.7 Å². The molecule has 0 saturated carbocycles. The van der Waals surface area contributed by atoms with E-state index < -0.39 is 0 Å². The van der Waals surface area contributed by atoms with Crippen LogP contribution in [0.1, 0.15) is 24.2 Å². The summed E-state index contributed by atoms with van der Waals surface area (Å²) in [5.74, 6) is 0.691. The highest BCUT2D eigenvalue weighted by molar-refractivity contribution is 7.07. The Morgan fingerprint density at radius 2 is 2.33 bits per heavy atom. The van der Waals surface area contributed by atoms with Gasteiger partial charge in [0.15, 0.2) is 0 Å². The molecular formula is C13H15ClN2OS. The molecule has 0 radical (unpaired) electrons. The lowest BCUT2D eigenvalue weighted by Gasteiger charge is -2.13. The Balaban J connectivity index is 2.05. The summed E-state index contributed by atoms with van der Waals surface area (Å²) in [4.78, 5) is 4.16. The lowest BCUT2D eigenvalue weighted by molar-refractivity contribution is 0.302. The van der Waals surface area contributed by atoms with E-state index in [0.29, 0.717) is 17.4 Å². The van der Waals surface area contributed by atoms with Gasteiger partial charge in [0.05, 0.1) is 16.2 Å². The zero-order chi connectivity index (χ0) is 13.0. The molecule has 0 amide bonds. The number of hydrogen-bond donors (Lipinski definition) is 1. The summed E-state index contributed by atoms with van der Waals surface area (Å²) in [7, 11) is 1.92. The maximum Gasteiger partial charge on any atom is 0.138 e. The van der Waals surface area contributed by atoms with Crippen LogP contribution in [0.4, 0.5) is 0 Å². The van der Waals surface area contributed by atoms with Gasteiger partial charge >= 0.3 is 0 Å². The first kappa shape index (κ1) is 13.3. The molecule has 1 N–H and O–H groups in total. The first-order valence-electron chi connectivity index (χ1n) is 5.67. The molecule has 0 aliphatic carbocycles. The van der Waals surface area contributed by atoms with Gasteiger partial charge in [0.25, 0.3) is 0 Å². The number of rotatable bonds is 5. The predicted molar refractivity (Wildman–Crippen MR) is 75.4 cm³/mol. The molecule has 1 atom stereocenters. The zero-order valence-electron chi connectivity index (χ0n) is 10.3. The molecule has 1 unspecified atom stereocenters. The number of ether oxygens (including phenoxy) is 1. The molecule has 5 heteroatoms. The molecule has 1 aromatic heterocycles. The van der Waals surface area contributed by atoms with Crippen molar-refractivity contribution in [3.63, 3.8) is 0 Å². The van der Waals surface area contributed by atoms with Crippen molar-refractivity contribution < 1.29 is 4.74 Å². The molecule has 0 bridgehead atoms. The van der Waals surface area contributed by atoms with Gasteiger partial charge in [-0.25, -0.2) is 4.98 Å². The molecule has 96 valence electrons. The molecule has 1 heterocycles. The van der Waals surface area contributed by atoms with Crippen molar-refractivity contribution in [2.24, 2.45) is 0 Å². The standard InChI is InChI=1S/C13H15ClN2OS/c1-9(15-2)10-3-4-13(12(14)5-10)17-6-11-7-18-8-16-11/h3-5,7-9,15H,6H2,1-2H3. The first-order valence-corrected chi connectivity index (χ1v) is 6.99. The van der Waals surface area contributed by atoms with Crippen LogP contribution in [-0.2, 0) is 6.61 Å². The quantitative estimate of drug-likeness (QED) is 0.909. The third kappa shape index (κ3) is 3.22. The van der Waals surface area contributed by atoms with Gasteiger partial charge in [-0.3, -0.25) is 0 Å². The SMILES string of the molecule is CNC(C)c1ccc(OCc2cscn2)c(Cl)c1. The maximum atomic E-state index is 6.20. The van der Waals surface area contributed by atoms with Gasteiger partial charge in [0, 0.05) is 11.4 Å². The van der Waals surface area contributed by atoms with E-state index in [4.69, 9.17) is 16.3 Å². The van der Waals surface area contributed by atoms with E-state index in [1.807, 2.05) is 30.6 Å². The van der Waals surface area contributed by atoms with Crippen molar-refractivity contribution in [3.05, 3.63) is 45.4 Å². The fourth-order valence-electron chi connectivity index (χ4n) is 1.53. The second-order valence-corrected chi connectivity index (χ2v) is 5.09. The van der Waals surface area contributed by atoms with Gasteiger partial charge in [-0.15, -0.1) is 11.3 Å². The summed E-state index contributed by atoms with van der Waals surface area (Å²) in [5.41, 5.74) is 3.85. The molecule has 0 spiro atoms. The van der Waals surface area contributed by atoms with Crippen molar-refractivity contribution in [1.29, 1.82) is 0 Å². The van der Waals surface area contributed by atoms with Crippen LogP contribution < -0.4 is 10.1 Å².